The van der Waals surface area contributed by atoms with Crippen LogP contribution >= 0.6 is 0 Å². The zero-order valence-corrected chi connectivity index (χ0v) is 12.7. The van der Waals surface area contributed by atoms with E-state index in [-0.39, 0.29) is 0 Å². The molecule has 0 bridgehead atoms. The number of benzene rings is 1. The molecular weight excluding hydrogens is 244 g/mol. The van der Waals surface area contributed by atoms with E-state index in [0.717, 1.165) is 18.0 Å². The molecule has 0 aromatic heterocycles. The molecular formula is C14H22O3Si. The SMILES string of the molecule is C=C(C)c1ccc(CC[Si](OC)(OC)OC)cc1. The smallest absolute Gasteiger partial charge is 0.377 e. The summed E-state index contributed by atoms with van der Waals surface area (Å²) in [6.07, 6.45) is 0.887. The van der Waals surface area contributed by atoms with Crippen LogP contribution in [0.25, 0.3) is 5.57 Å². The summed E-state index contributed by atoms with van der Waals surface area (Å²) < 4.78 is 16.2. The Hall–Kier alpha value is -0.943. The first-order chi connectivity index (χ1) is 8.56. The molecule has 3 nitrogen and oxygen atoms in total. The first-order valence-corrected chi connectivity index (χ1v) is 7.90. The lowest BCUT2D eigenvalue weighted by atomic mass is 10.1. The lowest BCUT2D eigenvalue weighted by Crippen LogP contribution is -2.43. The van der Waals surface area contributed by atoms with Crippen molar-refractivity contribution in [1.82, 2.24) is 0 Å². The van der Waals surface area contributed by atoms with Crippen LogP contribution < -0.4 is 0 Å². The topological polar surface area (TPSA) is 27.7 Å². The molecule has 0 saturated heterocycles. The van der Waals surface area contributed by atoms with Crippen LogP contribution in [-0.4, -0.2) is 30.1 Å². The monoisotopic (exact) mass is 266 g/mol. The number of rotatable bonds is 7. The zero-order chi connectivity index (χ0) is 13.6. The molecule has 0 aliphatic rings. The molecule has 0 heterocycles. The van der Waals surface area contributed by atoms with Gasteiger partial charge in [0.1, 0.15) is 0 Å². The Balaban J connectivity index is 2.65. The van der Waals surface area contributed by atoms with Gasteiger partial charge in [-0.1, -0.05) is 36.4 Å². The highest BCUT2D eigenvalue weighted by Crippen LogP contribution is 2.18. The van der Waals surface area contributed by atoms with Gasteiger partial charge in [-0.2, -0.15) is 0 Å². The van der Waals surface area contributed by atoms with Crippen LogP contribution in [0.1, 0.15) is 18.1 Å². The molecule has 0 radical (unpaired) electrons. The zero-order valence-electron chi connectivity index (χ0n) is 11.7. The number of hydrogen-bond acceptors (Lipinski definition) is 3. The van der Waals surface area contributed by atoms with Crippen molar-refractivity contribution >= 4 is 14.4 Å². The van der Waals surface area contributed by atoms with E-state index in [4.69, 9.17) is 13.3 Å². The highest BCUT2D eigenvalue weighted by molar-refractivity contribution is 6.60. The second-order valence-corrected chi connectivity index (χ2v) is 7.36. The minimum absolute atomic E-state index is 0.781. The molecule has 0 N–H and O–H groups in total. The molecule has 0 aliphatic heterocycles. The molecule has 0 amide bonds. The highest BCUT2D eigenvalue weighted by atomic mass is 28.4. The van der Waals surface area contributed by atoms with Crippen molar-refractivity contribution in [3.8, 4) is 0 Å². The predicted molar refractivity (Wildman–Crippen MR) is 76.4 cm³/mol. The molecule has 0 fully saturated rings. The Labute approximate surface area is 111 Å². The quantitative estimate of drug-likeness (QED) is 0.710. The summed E-state index contributed by atoms with van der Waals surface area (Å²) in [4.78, 5) is 0. The minimum Gasteiger partial charge on any atom is -0.377 e. The summed E-state index contributed by atoms with van der Waals surface area (Å²) in [5.74, 6) is 0. The first kappa shape index (κ1) is 15.1. The van der Waals surface area contributed by atoms with E-state index < -0.39 is 8.80 Å². The van der Waals surface area contributed by atoms with Crippen LogP contribution in [-0.2, 0) is 19.7 Å². The van der Waals surface area contributed by atoms with E-state index in [1.807, 2.05) is 6.92 Å². The van der Waals surface area contributed by atoms with Crippen LogP contribution in [0.3, 0.4) is 0 Å². The molecule has 0 saturated carbocycles. The largest absolute Gasteiger partial charge is 0.500 e. The predicted octanol–water partition coefficient (Wildman–Crippen LogP) is 3.14. The van der Waals surface area contributed by atoms with Crippen LogP contribution in [0.4, 0.5) is 0 Å². The Bertz CT molecular complexity index is 374. The van der Waals surface area contributed by atoms with Gasteiger partial charge in [-0.3, -0.25) is 0 Å². The maximum absolute atomic E-state index is 5.40. The van der Waals surface area contributed by atoms with Gasteiger partial charge in [-0.15, -0.1) is 0 Å². The van der Waals surface area contributed by atoms with Crippen molar-refractivity contribution in [1.29, 1.82) is 0 Å². The fourth-order valence-corrected chi connectivity index (χ4v) is 3.52. The van der Waals surface area contributed by atoms with Gasteiger partial charge in [0.15, 0.2) is 0 Å². The standard InChI is InChI=1S/C14H22O3Si/c1-12(2)14-8-6-13(7-9-14)10-11-18(15-3,16-4)17-5/h6-9H,1,10-11H2,2-5H3. The average molecular weight is 266 g/mol. The van der Waals surface area contributed by atoms with Crippen LogP contribution in [0.15, 0.2) is 30.8 Å². The number of hydrogen-bond donors (Lipinski definition) is 0. The van der Waals surface area contributed by atoms with E-state index >= 15 is 0 Å². The van der Waals surface area contributed by atoms with E-state index in [0.29, 0.717) is 0 Å². The normalized spacial score (nSPS) is 11.6. The summed E-state index contributed by atoms with van der Waals surface area (Å²) in [5, 5.41) is 0. The van der Waals surface area contributed by atoms with Crippen molar-refractivity contribution in [3.63, 3.8) is 0 Å². The highest BCUT2D eigenvalue weighted by Gasteiger charge is 2.36. The van der Waals surface area contributed by atoms with Gasteiger partial charge in [0.25, 0.3) is 0 Å². The van der Waals surface area contributed by atoms with E-state index in [9.17, 15) is 0 Å². The maximum Gasteiger partial charge on any atom is 0.500 e. The van der Waals surface area contributed by atoms with Gasteiger partial charge in [-0.25, -0.2) is 0 Å². The summed E-state index contributed by atoms with van der Waals surface area (Å²) in [6, 6.07) is 9.19. The molecule has 100 valence electrons. The number of aryl methyl sites for hydroxylation is 1. The fourth-order valence-electron chi connectivity index (χ4n) is 1.81. The van der Waals surface area contributed by atoms with Gasteiger partial charge < -0.3 is 13.3 Å². The Morgan fingerprint density at radius 2 is 1.56 bits per heavy atom. The number of allylic oxidation sites excluding steroid dienone is 1. The summed E-state index contributed by atoms with van der Waals surface area (Å²) in [7, 11) is 2.47. The van der Waals surface area contributed by atoms with Crippen LogP contribution in [0.5, 0.6) is 0 Å². The third kappa shape index (κ3) is 3.78. The van der Waals surface area contributed by atoms with E-state index in [2.05, 4.69) is 30.8 Å². The molecule has 0 aliphatic carbocycles. The third-order valence-corrected chi connectivity index (χ3v) is 5.83. The van der Waals surface area contributed by atoms with Gasteiger partial charge in [0.05, 0.1) is 0 Å². The molecule has 1 rings (SSSR count). The van der Waals surface area contributed by atoms with E-state index in [1.54, 1.807) is 21.3 Å². The fraction of sp³-hybridized carbons (Fsp3) is 0.429. The molecule has 1 aromatic rings. The Morgan fingerprint density at radius 1 is 1.06 bits per heavy atom. The Kier molecular flexibility index (Phi) is 5.75. The second kappa shape index (κ2) is 6.85. The van der Waals surface area contributed by atoms with Crippen LogP contribution in [0.2, 0.25) is 6.04 Å². The second-order valence-electron chi connectivity index (χ2n) is 4.27. The van der Waals surface area contributed by atoms with Gasteiger partial charge in [-0.05, 0) is 24.5 Å². The molecule has 0 spiro atoms. The molecule has 4 heteroatoms. The van der Waals surface area contributed by atoms with Crippen molar-refractivity contribution in [2.24, 2.45) is 0 Å². The van der Waals surface area contributed by atoms with Crippen LogP contribution in [0, 0.1) is 0 Å². The molecule has 18 heavy (non-hydrogen) atoms. The lowest BCUT2D eigenvalue weighted by molar-refractivity contribution is 0.123. The van der Waals surface area contributed by atoms with Gasteiger partial charge >= 0.3 is 8.80 Å². The van der Waals surface area contributed by atoms with Gasteiger partial charge in [0, 0.05) is 27.4 Å². The average Bonchev–Trinajstić information content (AvgIpc) is 2.41. The summed E-state index contributed by atoms with van der Waals surface area (Å²) in [5.41, 5.74) is 3.51. The van der Waals surface area contributed by atoms with Gasteiger partial charge in [0.2, 0.25) is 0 Å². The minimum atomic E-state index is -2.45. The van der Waals surface area contributed by atoms with Crippen molar-refractivity contribution in [3.05, 3.63) is 42.0 Å². The summed E-state index contributed by atoms with van der Waals surface area (Å²) in [6.45, 7) is 5.93. The van der Waals surface area contributed by atoms with E-state index in [1.165, 1.54) is 11.1 Å². The molecule has 0 unspecified atom stereocenters. The van der Waals surface area contributed by atoms with Crippen molar-refractivity contribution < 1.29 is 13.3 Å². The third-order valence-electron chi connectivity index (χ3n) is 3.10. The maximum atomic E-state index is 5.40. The summed E-state index contributed by atoms with van der Waals surface area (Å²) >= 11 is 0. The van der Waals surface area contributed by atoms with Crippen molar-refractivity contribution in [2.75, 3.05) is 21.3 Å². The molecule has 0 atom stereocenters. The molecule has 1 aromatic carbocycles. The Morgan fingerprint density at radius 3 is 1.94 bits per heavy atom. The van der Waals surface area contributed by atoms with Crippen molar-refractivity contribution in [2.45, 2.75) is 19.4 Å². The first-order valence-electron chi connectivity index (χ1n) is 5.97. The lowest BCUT2D eigenvalue weighted by Gasteiger charge is -2.24.